The zero-order valence-corrected chi connectivity index (χ0v) is 14.5. The van der Waals surface area contributed by atoms with Crippen molar-refractivity contribution in [2.75, 3.05) is 6.61 Å². The number of benzene rings is 2. The number of carbonyl (C=O) groups is 1. The van der Waals surface area contributed by atoms with Crippen LogP contribution in [0.15, 0.2) is 54.6 Å². The van der Waals surface area contributed by atoms with Crippen molar-refractivity contribution in [3.05, 3.63) is 65.2 Å². The third-order valence-electron chi connectivity index (χ3n) is 3.63. The average molecular weight is 373 g/mol. The fourth-order valence-electron chi connectivity index (χ4n) is 2.32. The van der Waals surface area contributed by atoms with Crippen LogP contribution in [0.3, 0.4) is 0 Å². The van der Waals surface area contributed by atoms with Gasteiger partial charge in [0.25, 0.3) is 5.91 Å². The topological polar surface area (TPSA) is 108 Å². The van der Waals surface area contributed by atoms with Gasteiger partial charge in [-0.1, -0.05) is 54.1 Å². The number of rotatable bonds is 7. The summed E-state index contributed by atoms with van der Waals surface area (Å²) in [6, 6.07) is 16.7. The highest BCUT2D eigenvalue weighted by molar-refractivity contribution is 6.30. The van der Waals surface area contributed by atoms with Crippen molar-refractivity contribution in [3.63, 3.8) is 0 Å². The molecule has 1 heterocycles. The van der Waals surface area contributed by atoms with Crippen LogP contribution >= 0.6 is 11.6 Å². The number of tetrazole rings is 1. The molecule has 2 aromatic carbocycles. The average Bonchev–Trinajstić information content (AvgIpc) is 3.15. The van der Waals surface area contributed by atoms with Crippen LogP contribution < -0.4 is 11.3 Å². The van der Waals surface area contributed by atoms with E-state index >= 15 is 0 Å². The first-order valence-corrected chi connectivity index (χ1v) is 8.23. The lowest BCUT2D eigenvalue weighted by atomic mass is 10.1. The maximum Gasteiger partial charge on any atom is 0.259 e. The smallest absolute Gasteiger partial charge is 0.259 e. The summed E-state index contributed by atoms with van der Waals surface area (Å²) in [5, 5.41) is 13.1. The van der Waals surface area contributed by atoms with Crippen LogP contribution in [-0.4, -0.2) is 32.7 Å². The minimum absolute atomic E-state index is 0.190. The molecule has 134 valence electrons. The fourth-order valence-corrected chi connectivity index (χ4v) is 2.45. The van der Waals surface area contributed by atoms with Crippen molar-refractivity contribution in [3.8, 4) is 11.4 Å². The van der Waals surface area contributed by atoms with E-state index in [0.717, 1.165) is 11.1 Å². The number of aromatic nitrogens is 4. The predicted octanol–water partition coefficient (Wildman–Crippen LogP) is 1.74. The minimum Gasteiger partial charge on any atom is -0.362 e. The van der Waals surface area contributed by atoms with Gasteiger partial charge in [0, 0.05) is 10.6 Å². The molecule has 0 aliphatic heterocycles. The third kappa shape index (κ3) is 4.63. The van der Waals surface area contributed by atoms with Crippen LogP contribution in [0.2, 0.25) is 5.02 Å². The summed E-state index contributed by atoms with van der Waals surface area (Å²) in [6.45, 7) is 0.0867. The van der Waals surface area contributed by atoms with E-state index in [1.165, 1.54) is 4.80 Å². The molecule has 3 aromatic rings. The first-order chi connectivity index (χ1) is 12.7. The number of ether oxygens (including phenoxy) is 1. The van der Waals surface area contributed by atoms with Gasteiger partial charge in [0.15, 0.2) is 0 Å². The van der Waals surface area contributed by atoms with Gasteiger partial charge < -0.3 is 4.74 Å². The molecule has 0 aliphatic rings. The molecule has 0 spiro atoms. The van der Waals surface area contributed by atoms with Gasteiger partial charge in [-0.25, -0.2) is 5.84 Å². The van der Waals surface area contributed by atoms with E-state index < -0.39 is 12.0 Å². The molecule has 8 nitrogen and oxygen atoms in total. The van der Waals surface area contributed by atoms with Crippen molar-refractivity contribution in [1.82, 2.24) is 25.6 Å². The van der Waals surface area contributed by atoms with Crippen molar-refractivity contribution in [2.45, 2.75) is 12.6 Å². The Balaban J connectivity index is 1.77. The van der Waals surface area contributed by atoms with E-state index in [4.69, 9.17) is 22.2 Å². The van der Waals surface area contributed by atoms with Gasteiger partial charge >= 0.3 is 0 Å². The van der Waals surface area contributed by atoms with Crippen molar-refractivity contribution in [2.24, 2.45) is 5.84 Å². The van der Waals surface area contributed by atoms with Crippen LogP contribution in [0.25, 0.3) is 11.4 Å². The molecule has 1 unspecified atom stereocenters. The van der Waals surface area contributed by atoms with Gasteiger partial charge in [0.2, 0.25) is 5.82 Å². The second kappa shape index (κ2) is 8.52. The molecule has 9 heteroatoms. The van der Waals surface area contributed by atoms with Crippen LogP contribution in [0.5, 0.6) is 0 Å². The summed E-state index contributed by atoms with van der Waals surface area (Å²) < 4.78 is 5.68. The molecule has 0 saturated carbocycles. The Hall–Kier alpha value is -2.81. The van der Waals surface area contributed by atoms with Crippen molar-refractivity contribution < 1.29 is 9.53 Å². The molecule has 0 bridgehead atoms. The van der Waals surface area contributed by atoms with Crippen LogP contribution in [0, 0.1) is 0 Å². The molecule has 3 rings (SSSR count). The fraction of sp³-hybridized carbons (Fsp3) is 0.176. The summed E-state index contributed by atoms with van der Waals surface area (Å²) in [6.07, 6.45) is -0.470. The number of halogens is 1. The molecule has 1 atom stereocenters. The normalized spacial score (nSPS) is 11.9. The van der Waals surface area contributed by atoms with Gasteiger partial charge in [-0.05, 0) is 22.9 Å². The maximum atomic E-state index is 11.4. The Bertz CT molecular complexity index is 853. The minimum atomic E-state index is -0.470. The van der Waals surface area contributed by atoms with Crippen LogP contribution in [0.4, 0.5) is 0 Å². The van der Waals surface area contributed by atoms with Crippen LogP contribution in [0.1, 0.15) is 11.7 Å². The lowest BCUT2D eigenvalue weighted by Crippen LogP contribution is -2.34. The zero-order chi connectivity index (χ0) is 18.4. The van der Waals surface area contributed by atoms with E-state index in [1.807, 2.05) is 47.9 Å². The van der Waals surface area contributed by atoms with E-state index in [9.17, 15) is 4.79 Å². The van der Waals surface area contributed by atoms with Gasteiger partial charge in [0.1, 0.15) is 12.7 Å². The van der Waals surface area contributed by atoms with Gasteiger partial charge in [-0.2, -0.15) is 4.80 Å². The van der Waals surface area contributed by atoms with Gasteiger partial charge in [0.05, 0.1) is 6.54 Å². The third-order valence-corrected chi connectivity index (χ3v) is 3.88. The molecule has 26 heavy (non-hydrogen) atoms. The molecular weight excluding hydrogens is 356 g/mol. The first-order valence-electron chi connectivity index (χ1n) is 7.85. The number of carbonyl (C=O) groups excluding carboxylic acids is 1. The molecule has 0 fully saturated rings. The highest BCUT2D eigenvalue weighted by Gasteiger charge is 2.17. The van der Waals surface area contributed by atoms with Gasteiger partial charge in [-0.15, -0.1) is 10.2 Å². The Morgan fingerprint density at radius 1 is 1.19 bits per heavy atom. The maximum absolute atomic E-state index is 11.4. The summed E-state index contributed by atoms with van der Waals surface area (Å²) in [4.78, 5) is 12.8. The molecule has 1 aromatic heterocycles. The number of nitrogens with zero attached hydrogens (tertiary/aromatic N) is 4. The highest BCUT2D eigenvalue weighted by atomic mass is 35.5. The Kier molecular flexibility index (Phi) is 5.90. The van der Waals surface area contributed by atoms with E-state index in [0.29, 0.717) is 10.8 Å². The number of hydrogen-bond donors (Lipinski definition) is 2. The van der Waals surface area contributed by atoms with Gasteiger partial charge in [-0.3, -0.25) is 10.2 Å². The number of hydrazine groups is 1. The predicted molar refractivity (Wildman–Crippen MR) is 95.7 cm³/mol. The lowest BCUT2D eigenvalue weighted by molar-refractivity contribution is -0.128. The number of amides is 1. The second-order valence-electron chi connectivity index (χ2n) is 5.45. The van der Waals surface area contributed by atoms with Crippen molar-refractivity contribution in [1.29, 1.82) is 0 Å². The molecular formula is C17H17ClN6O2. The zero-order valence-electron chi connectivity index (χ0n) is 13.7. The number of nitrogens with one attached hydrogen (secondary N) is 1. The molecule has 3 N–H and O–H groups in total. The molecule has 0 aliphatic carbocycles. The SMILES string of the molecule is NNC(=O)COC(Cn1nnc(-c2ccccc2)n1)c1ccc(Cl)cc1. The van der Waals surface area contributed by atoms with Crippen molar-refractivity contribution >= 4 is 17.5 Å². The van der Waals surface area contributed by atoms with Crippen LogP contribution in [-0.2, 0) is 16.1 Å². The van der Waals surface area contributed by atoms with E-state index in [-0.39, 0.29) is 13.2 Å². The lowest BCUT2D eigenvalue weighted by Gasteiger charge is -2.17. The summed E-state index contributed by atoms with van der Waals surface area (Å²) in [7, 11) is 0. The monoisotopic (exact) mass is 372 g/mol. The molecule has 0 saturated heterocycles. The summed E-state index contributed by atoms with van der Waals surface area (Å²) >= 11 is 5.94. The second-order valence-corrected chi connectivity index (χ2v) is 5.89. The largest absolute Gasteiger partial charge is 0.362 e. The molecule has 1 amide bonds. The standard InChI is InChI=1S/C17H17ClN6O2/c18-14-8-6-12(7-9-14)15(26-11-16(25)20-19)10-24-22-17(21-23-24)13-4-2-1-3-5-13/h1-9,15H,10-11,19H2,(H,20,25). The van der Waals surface area contributed by atoms with E-state index in [2.05, 4.69) is 15.4 Å². The Morgan fingerprint density at radius 3 is 2.62 bits per heavy atom. The number of hydrogen-bond acceptors (Lipinski definition) is 6. The summed E-state index contributed by atoms with van der Waals surface area (Å²) in [5.74, 6) is 5.18. The van der Waals surface area contributed by atoms with E-state index in [1.54, 1.807) is 12.1 Å². The number of nitrogens with two attached hydrogens (primary N) is 1. The summed E-state index contributed by atoms with van der Waals surface area (Å²) in [5.41, 5.74) is 3.73. The Morgan fingerprint density at radius 2 is 1.92 bits per heavy atom. The molecule has 0 radical (unpaired) electrons. The first kappa shape index (κ1) is 18.0. The Labute approximate surface area is 154 Å². The highest BCUT2D eigenvalue weighted by Crippen LogP contribution is 2.22. The quantitative estimate of drug-likeness (QED) is 0.371.